The number of pyridine rings is 1. The lowest BCUT2D eigenvalue weighted by atomic mass is 9.68. The fourth-order valence-electron chi connectivity index (χ4n) is 3.51. The summed E-state index contributed by atoms with van der Waals surface area (Å²) in [6.07, 6.45) is 6.09. The third-order valence-corrected chi connectivity index (χ3v) is 4.59. The molecule has 4 heteroatoms. The third-order valence-electron chi connectivity index (χ3n) is 4.59. The standard InChI is InChI=1S/C14H21N3O/c1-10-12(15)14(4-8-17-9-5-14)13(18-10)11-2-6-16-7-3-11/h2-3,6-7,10,12-13,17H,4-5,8-9,15H2,1H3. The van der Waals surface area contributed by atoms with Crippen molar-refractivity contribution in [1.82, 2.24) is 10.3 Å². The molecule has 1 spiro atoms. The lowest BCUT2D eigenvalue weighted by Gasteiger charge is -2.41. The van der Waals surface area contributed by atoms with Crippen molar-refractivity contribution in [2.45, 2.75) is 38.0 Å². The molecular formula is C14H21N3O. The van der Waals surface area contributed by atoms with E-state index in [0.717, 1.165) is 25.9 Å². The fraction of sp³-hybridized carbons (Fsp3) is 0.643. The molecule has 98 valence electrons. The monoisotopic (exact) mass is 247 g/mol. The first kappa shape index (κ1) is 12.1. The maximum atomic E-state index is 6.45. The molecule has 0 aromatic carbocycles. The average molecular weight is 247 g/mol. The Hall–Kier alpha value is -0.970. The topological polar surface area (TPSA) is 60.2 Å². The smallest absolute Gasteiger partial charge is 0.0903 e. The van der Waals surface area contributed by atoms with Crippen molar-refractivity contribution in [3.8, 4) is 0 Å². The van der Waals surface area contributed by atoms with E-state index in [1.54, 1.807) is 0 Å². The van der Waals surface area contributed by atoms with Crippen molar-refractivity contribution in [3.05, 3.63) is 30.1 Å². The minimum atomic E-state index is 0.0893. The zero-order chi connectivity index (χ0) is 12.6. The van der Waals surface area contributed by atoms with Gasteiger partial charge in [0.25, 0.3) is 0 Å². The zero-order valence-electron chi connectivity index (χ0n) is 10.8. The summed E-state index contributed by atoms with van der Waals surface area (Å²) in [5.74, 6) is 0. The summed E-state index contributed by atoms with van der Waals surface area (Å²) in [5.41, 5.74) is 7.75. The highest BCUT2D eigenvalue weighted by atomic mass is 16.5. The molecule has 3 N–H and O–H groups in total. The van der Waals surface area contributed by atoms with Crippen molar-refractivity contribution in [2.24, 2.45) is 11.1 Å². The van der Waals surface area contributed by atoms with Gasteiger partial charge in [0.05, 0.1) is 12.2 Å². The predicted octanol–water partition coefficient (Wildman–Crippen LogP) is 1.24. The number of hydrogen-bond acceptors (Lipinski definition) is 4. The zero-order valence-corrected chi connectivity index (χ0v) is 10.8. The Balaban J connectivity index is 1.97. The van der Waals surface area contributed by atoms with E-state index >= 15 is 0 Å². The molecule has 3 unspecified atom stereocenters. The summed E-state index contributed by atoms with van der Waals surface area (Å²) in [5, 5.41) is 3.42. The molecule has 3 heterocycles. The van der Waals surface area contributed by atoms with Crippen molar-refractivity contribution in [1.29, 1.82) is 0 Å². The van der Waals surface area contributed by atoms with Gasteiger partial charge in [-0.2, -0.15) is 0 Å². The van der Waals surface area contributed by atoms with E-state index in [9.17, 15) is 0 Å². The summed E-state index contributed by atoms with van der Waals surface area (Å²) in [6.45, 7) is 4.16. The molecule has 2 saturated heterocycles. The molecular weight excluding hydrogens is 226 g/mol. The van der Waals surface area contributed by atoms with Crippen LogP contribution < -0.4 is 11.1 Å². The van der Waals surface area contributed by atoms with Crippen molar-refractivity contribution in [3.63, 3.8) is 0 Å². The maximum absolute atomic E-state index is 6.45. The third kappa shape index (κ3) is 1.76. The van der Waals surface area contributed by atoms with Crippen LogP contribution in [0.5, 0.6) is 0 Å². The van der Waals surface area contributed by atoms with E-state index in [4.69, 9.17) is 10.5 Å². The minimum absolute atomic E-state index is 0.0893. The van der Waals surface area contributed by atoms with E-state index in [-0.39, 0.29) is 23.7 Å². The van der Waals surface area contributed by atoms with Crippen LogP contribution in [-0.2, 0) is 4.74 Å². The minimum Gasteiger partial charge on any atom is -0.368 e. The van der Waals surface area contributed by atoms with Crippen LogP contribution in [0.4, 0.5) is 0 Å². The SMILES string of the molecule is CC1OC(c2ccncc2)C2(CCNCC2)C1N. The molecule has 3 rings (SSSR count). The molecule has 2 aliphatic rings. The van der Waals surface area contributed by atoms with Gasteiger partial charge in [0, 0.05) is 23.9 Å². The normalized spacial score (nSPS) is 34.9. The molecule has 0 radical (unpaired) electrons. The summed E-state index contributed by atoms with van der Waals surface area (Å²) < 4.78 is 6.17. The van der Waals surface area contributed by atoms with Gasteiger partial charge in [-0.15, -0.1) is 0 Å². The molecule has 1 aromatic rings. The Bertz CT molecular complexity index is 403. The fourth-order valence-corrected chi connectivity index (χ4v) is 3.51. The molecule has 3 atom stereocenters. The quantitative estimate of drug-likeness (QED) is 0.784. The first-order valence-corrected chi connectivity index (χ1v) is 6.76. The van der Waals surface area contributed by atoms with Gasteiger partial charge in [0.15, 0.2) is 0 Å². The Morgan fingerprint density at radius 3 is 2.67 bits per heavy atom. The second-order valence-electron chi connectivity index (χ2n) is 5.51. The van der Waals surface area contributed by atoms with E-state index < -0.39 is 0 Å². The average Bonchev–Trinajstić information content (AvgIpc) is 2.66. The number of nitrogens with two attached hydrogens (primary N) is 1. The van der Waals surface area contributed by atoms with Gasteiger partial charge >= 0.3 is 0 Å². The van der Waals surface area contributed by atoms with E-state index in [1.807, 2.05) is 12.4 Å². The first-order chi connectivity index (χ1) is 8.74. The molecule has 0 bridgehead atoms. The Labute approximate surface area is 108 Å². The second-order valence-corrected chi connectivity index (χ2v) is 5.51. The van der Waals surface area contributed by atoms with E-state index in [2.05, 4.69) is 29.4 Å². The predicted molar refractivity (Wildman–Crippen MR) is 70.0 cm³/mol. The highest BCUT2D eigenvalue weighted by Crippen LogP contribution is 2.52. The molecule has 18 heavy (non-hydrogen) atoms. The lowest BCUT2D eigenvalue weighted by molar-refractivity contribution is 0.00535. The Morgan fingerprint density at radius 2 is 2.00 bits per heavy atom. The highest BCUT2D eigenvalue weighted by Gasteiger charge is 2.53. The van der Waals surface area contributed by atoms with Gasteiger partial charge in [0.2, 0.25) is 0 Å². The van der Waals surface area contributed by atoms with Crippen LogP contribution in [0.2, 0.25) is 0 Å². The highest BCUT2D eigenvalue weighted by molar-refractivity contribution is 5.21. The van der Waals surface area contributed by atoms with Crippen LogP contribution in [0.25, 0.3) is 0 Å². The molecule has 2 aliphatic heterocycles. The maximum Gasteiger partial charge on any atom is 0.0903 e. The summed E-state index contributed by atoms with van der Waals surface area (Å²) in [4.78, 5) is 4.09. The van der Waals surface area contributed by atoms with Crippen LogP contribution in [0.1, 0.15) is 31.4 Å². The van der Waals surface area contributed by atoms with Gasteiger partial charge in [0.1, 0.15) is 0 Å². The number of rotatable bonds is 1. The number of nitrogens with zero attached hydrogens (tertiary/aromatic N) is 1. The summed E-state index contributed by atoms with van der Waals surface area (Å²) in [6, 6.07) is 4.23. The summed E-state index contributed by atoms with van der Waals surface area (Å²) in [7, 11) is 0. The van der Waals surface area contributed by atoms with Crippen LogP contribution in [0.3, 0.4) is 0 Å². The Kier molecular flexibility index (Phi) is 3.09. The Morgan fingerprint density at radius 1 is 1.33 bits per heavy atom. The molecule has 0 aliphatic carbocycles. The first-order valence-electron chi connectivity index (χ1n) is 6.76. The summed E-state index contributed by atoms with van der Waals surface area (Å²) >= 11 is 0. The van der Waals surface area contributed by atoms with Crippen LogP contribution in [-0.4, -0.2) is 30.2 Å². The van der Waals surface area contributed by atoms with Gasteiger partial charge in [-0.05, 0) is 50.6 Å². The largest absolute Gasteiger partial charge is 0.368 e. The molecule has 4 nitrogen and oxygen atoms in total. The van der Waals surface area contributed by atoms with Crippen LogP contribution >= 0.6 is 0 Å². The number of aromatic nitrogens is 1. The van der Waals surface area contributed by atoms with Gasteiger partial charge in [-0.1, -0.05) is 0 Å². The van der Waals surface area contributed by atoms with Gasteiger partial charge < -0.3 is 15.8 Å². The number of ether oxygens (including phenoxy) is 1. The molecule has 0 amide bonds. The number of nitrogens with one attached hydrogen (secondary N) is 1. The van der Waals surface area contributed by atoms with E-state index in [0.29, 0.717) is 0 Å². The second kappa shape index (κ2) is 4.61. The molecule has 1 aromatic heterocycles. The van der Waals surface area contributed by atoms with E-state index in [1.165, 1.54) is 5.56 Å². The van der Waals surface area contributed by atoms with Gasteiger partial charge in [-0.3, -0.25) is 4.98 Å². The van der Waals surface area contributed by atoms with Crippen LogP contribution in [0.15, 0.2) is 24.5 Å². The lowest BCUT2D eigenvalue weighted by Crippen LogP contribution is -2.50. The van der Waals surface area contributed by atoms with Gasteiger partial charge in [-0.25, -0.2) is 0 Å². The molecule has 0 saturated carbocycles. The van der Waals surface area contributed by atoms with Crippen molar-refractivity contribution in [2.75, 3.05) is 13.1 Å². The van der Waals surface area contributed by atoms with Crippen molar-refractivity contribution < 1.29 is 4.74 Å². The molecule has 2 fully saturated rings. The van der Waals surface area contributed by atoms with Crippen LogP contribution in [0, 0.1) is 5.41 Å². The number of piperidine rings is 1. The number of hydrogen-bond donors (Lipinski definition) is 2. The van der Waals surface area contributed by atoms with Crippen molar-refractivity contribution >= 4 is 0 Å².